The Kier molecular flexibility index (Phi) is 4.13. The molecule has 1 aromatic rings. The normalized spacial score (nSPS) is 33.5. The molecule has 0 spiro atoms. The van der Waals surface area contributed by atoms with Crippen LogP contribution in [0.1, 0.15) is 57.0 Å². The molecule has 20 heavy (non-hydrogen) atoms. The average Bonchev–Trinajstić information content (AvgIpc) is 3.01. The Labute approximate surface area is 125 Å². The molecule has 2 aliphatic rings. The highest BCUT2D eigenvalue weighted by atomic mass is 32.1. The van der Waals surface area contributed by atoms with Gasteiger partial charge in [0.15, 0.2) is 0 Å². The molecule has 2 heterocycles. The molecule has 0 bridgehead atoms. The molecule has 3 rings (SSSR count). The second-order valence-electron chi connectivity index (χ2n) is 6.26. The minimum atomic E-state index is 0.0259. The molecular weight excluding hydrogens is 268 g/mol. The largest absolute Gasteiger partial charge is 0.318 e. The second kappa shape index (κ2) is 5.86. The van der Waals surface area contributed by atoms with Crippen LogP contribution in [0.15, 0.2) is 17.5 Å². The smallest absolute Gasteiger partial charge is 0.241 e. The third-order valence-corrected chi connectivity index (χ3v) is 5.52. The fraction of sp³-hybridized carbons (Fsp3) is 0.688. The number of unbranched alkanes of at least 4 members (excludes halogenated alkanes) is 1. The lowest BCUT2D eigenvalue weighted by Gasteiger charge is -2.42. The van der Waals surface area contributed by atoms with E-state index in [1.807, 2.05) is 0 Å². The maximum Gasteiger partial charge on any atom is 0.241 e. The Morgan fingerprint density at radius 3 is 2.85 bits per heavy atom. The molecule has 4 heteroatoms. The molecule has 1 saturated heterocycles. The van der Waals surface area contributed by atoms with Gasteiger partial charge in [0.25, 0.3) is 0 Å². The summed E-state index contributed by atoms with van der Waals surface area (Å²) in [5, 5.41) is 5.68. The summed E-state index contributed by atoms with van der Waals surface area (Å²) in [7, 11) is 0. The molecule has 0 radical (unpaired) electrons. The van der Waals surface area contributed by atoms with Crippen LogP contribution in [0, 0.1) is 5.92 Å². The van der Waals surface area contributed by atoms with Gasteiger partial charge in [-0.1, -0.05) is 32.8 Å². The van der Waals surface area contributed by atoms with Gasteiger partial charge in [0, 0.05) is 10.9 Å². The zero-order valence-electron chi connectivity index (χ0n) is 12.3. The lowest BCUT2D eigenvalue weighted by atomic mass is 9.80. The lowest BCUT2D eigenvalue weighted by molar-refractivity contribution is -0.135. The molecule has 2 fully saturated rings. The summed E-state index contributed by atoms with van der Waals surface area (Å²) in [4.78, 5) is 16.1. The van der Waals surface area contributed by atoms with Gasteiger partial charge in [-0.05, 0) is 36.6 Å². The third-order valence-electron chi connectivity index (χ3n) is 4.59. The van der Waals surface area contributed by atoms with Gasteiger partial charge < -0.3 is 4.90 Å². The van der Waals surface area contributed by atoms with Crippen molar-refractivity contribution < 1.29 is 4.79 Å². The Balaban J connectivity index is 1.77. The number of carbonyl (C=O) groups is 1. The number of amides is 1. The summed E-state index contributed by atoms with van der Waals surface area (Å²) in [5.74, 6) is 1.10. The van der Waals surface area contributed by atoms with E-state index in [4.69, 9.17) is 0 Å². The molecule has 1 N–H and O–H groups in total. The van der Waals surface area contributed by atoms with Crippen molar-refractivity contribution in [3.63, 3.8) is 0 Å². The topological polar surface area (TPSA) is 32.3 Å². The first kappa shape index (κ1) is 14.1. The maximum atomic E-state index is 12.7. The highest BCUT2D eigenvalue weighted by molar-refractivity contribution is 7.10. The van der Waals surface area contributed by atoms with Crippen LogP contribution in [-0.4, -0.2) is 22.9 Å². The fourth-order valence-electron chi connectivity index (χ4n) is 3.41. The molecule has 3 nitrogen and oxygen atoms in total. The van der Waals surface area contributed by atoms with Crippen LogP contribution in [0.2, 0.25) is 0 Å². The number of rotatable bonds is 5. The number of nitrogens with zero attached hydrogens (tertiary/aromatic N) is 1. The Bertz CT molecular complexity index is 453. The number of carbonyl (C=O) groups excluding carboxylic acids is 1. The van der Waals surface area contributed by atoms with Crippen LogP contribution < -0.4 is 5.32 Å². The molecule has 1 aliphatic carbocycles. The zero-order chi connectivity index (χ0) is 14.1. The maximum absolute atomic E-state index is 12.7. The molecule has 2 atom stereocenters. The number of hydrogen-bond donors (Lipinski definition) is 1. The van der Waals surface area contributed by atoms with Gasteiger partial charge >= 0.3 is 0 Å². The van der Waals surface area contributed by atoms with Crippen molar-refractivity contribution in [1.82, 2.24) is 10.2 Å². The van der Waals surface area contributed by atoms with Crippen molar-refractivity contribution in [2.24, 2.45) is 5.92 Å². The fourth-order valence-corrected chi connectivity index (χ4v) is 4.19. The van der Waals surface area contributed by atoms with Gasteiger partial charge in [-0.15, -0.1) is 11.3 Å². The molecular formula is C16H24N2OS. The van der Waals surface area contributed by atoms with Crippen LogP contribution in [0.3, 0.4) is 0 Å². The number of hydrogen-bond acceptors (Lipinski definition) is 3. The third kappa shape index (κ3) is 2.51. The van der Waals surface area contributed by atoms with Crippen molar-refractivity contribution in [2.75, 3.05) is 0 Å². The monoisotopic (exact) mass is 292 g/mol. The van der Waals surface area contributed by atoms with Gasteiger partial charge in [-0.2, -0.15) is 0 Å². The highest BCUT2D eigenvalue weighted by Crippen LogP contribution is 2.40. The van der Waals surface area contributed by atoms with Gasteiger partial charge in [-0.3, -0.25) is 10.1 Å². The molecule has 1 amide bonds. The van der Waals surface area contributed by atoms with E-state index in [0.29, 0.717) is 11.9 Å². The summed E-state index contributed by atoms with van der Waals surface area (Å²) in [6.07, 6.45) is 5.67. The first-order chi connectivity index (χ1) is 9.70. The molecule has 1 saturated carbocycles. The van der Waals surface area contributed by atoms with E-state index < -0.39 is 0 Å². The molecule has 0 aromatic carbocycles. The van der Waals surface area contributed by atoms with Crippen molar-refractivity contribution in [3.05, 3.63) is 22.4 Å². The van der Waals surface area contributed by atoms with Crippen LogP contribution in [0.4, 0.5) is 0 Å². The van der Waals surface area contributed by atoms with E-state index in [0.717, 1.165) is 38.0 Å². The SMILES string of the molecule is CCCCC1NC(c2cccs2)N(C2CC(C)C2)C1=O. The predicted molar refractivity (Wildman–Crippen MR) is 82.5 cm³/mol. The van der Waals surface area contributed by atoms with Crippen LogP contribution >= 0.6 is 11.3 Å². The van der Waals surface area contributed by atoms with Gasteiger partial charge in [0.1, 0.15) is 6.17 Å². The Hall–Kier alpha value is -0.870. The van der Waals surface area contributed by atoms with Gasteiger partial charge in [0.2, 0.25) is 5.91 Å². The molecule has 2 unspecified atom stereocenters. The summed E-state index contributed by atoms with van der Waals surface area (Å²) >= 11 is 1.75. The standard InChI is InChI=1S/C16H24N2OS/c1-3-4-6-13-16(19)18(12-9-11(2)10-12)15(17-13)14-7-5-8-20-14/h5,7-8,11-13,15,17H,3-4,6,9-10H2,1-2H3. The van der Waals surface area contributed by atoms with Gasteiger partial charge in [0.05, 0.1) is 6.04 Å². The second-order valence-corrected chi connectivity index (χ2v) is 7.23. The van der Waals surface area contributed by atoms with Crippen LogP contribution in [0.25, 0.3) is 0 Å². The van der Waals surface area contributed by atoms with Crippen molar-refractivity contribution >= 4 is 17.2 Å². The average molecular weight is 292 g/mol. The van der Waals surface area contributed by atoms with Crippen LogP contribution in [-0.2, 0) is 4.79 Å². The van der Waals surface area contributed by atoms with Crippen LogP contribution in [0.5, 0.6) is 0 Å². The quantitative estimate of drug-likeness (QED) is 0.900. The van der Waals surface area contributed by atoms with Crippen molar-refractivity contribution in [3.8, 4) is 0 Å². The van der Waals surface area contributed by atoms with E-state index in [1.165, 1.54) is 4.88 Å². The van der Waals surface area contributed by atoms with E-state index in [-0.39, 0.29) is 12.2 Å². The van der Waals surface area contributed by atoms with E-state index in [9.17, 15) is 4.79 Å². The van der Waals surface area contributed by atoms with E-state index in [2.05, 4.69) is 41.6 Å². The summed E-state index contributed by atoms with van der Waals surface area (Å²) in [6, 6.07) is 4.70. The molecule has 1 aliphatic heterocycles. The summed E-state index contributed by atoms with van der Waals surface area (Å²) in [6.45, 7) is 4.46. The van der Waals surface area contributed by atoms with Crippen molar-refractivity contribution in [2.45, 2.75) is 64.2 Å². The first-order valence-electron chi connectivity index (χ1n) is 7.82. The predicted octanol–water partition coefficient (Wildman–Crippen LogP) is 3.54. The van der Waals surface area contributed by atoms with E-state index >= 15 is 0 Å². The highest BCUT2D eigenvalue weighted by Gasteiger charge is 2.46. The molecule has 1 aromatic heterocycles. The number of thiophene rings is 1. The van der Waals surface area contributed by atoms with Gasteiger partial charge in [-0.25, -0.2) is 0 Å². The summed E-state index contributed by atoms with van der Waals surface area (Å²) in [5.41, 5.74) is 0. The Morgan fingerprint density at radius 1 is 1.45 bits per heavy atom. The minimum absolute atomic E-state index is 0.0259. The number of nitrogens with one attached hydrogen (secondary N) is 1. The Morgan fingerprint density at radius 2 is 2.25 bits per heavy atom. The zero-order valence-corrected chi connectivity index (χ0v) is 13.2. The van der Waals surface area contributed by atoms with Crippen molar-refractivity contribution in [1.29, 1.82) is 0 Å². The summed E-state index contributed by atoms with van der Waals surface area (Å²) < 4.78 is 0. The molecule has 110 valence electrons. The minimum Gasteiger partial charge on any atom is -0.318 e. The first-order valence-corrected chi connectivity index (χ1v) is 8.70. The van der Waals surface area contributed by atoms with E-state index in [1.54, 1.807) is 11.3 Å². The lowest BCUT2D eigenvalue weighted by Crippen LogP contribution is -2.46.